The molecule has 0 aromatic carbocycles. The number of rotatable bonds is 3. The molecular formula is C12H18F2N4O2. The summed E-state index contributed by atoms with van der Waals surface area (Å²) in [6, 6.07) is 0. The molecule has 1 aliphatic rings. The number of nitrogens with two attached hydrogens (primary N) is 1. The summed E-state index contributed by atoms with van der Waals surface area (Å²) in [6.45, 7) is 3.49. The molecule has 0 atom stereocenters. The van der Waals surface area contributed by atoms with E-state index in [4.69, 9.17) is 0 Å². The summed E-state index contributed by atoms with van der Waals surface area (Å²) in [6.07, 6.45) is 5.31. The van der Waals surface area contributed by atoms with Crippen molar-refractivity contribution < 1.29 is 18.4 Å². The molecule has 6 nitrogen and oxygen atoms in total. The molecule has 1 aliphatic carbocycles. The fourth-order valence-electron chi connectivity index (χ4n) is 1.96. The lowest BCUT2D eigenvalue weighted by Gasteiger charge is -2.26. The Kier molecular flexibility index (Phi) is 6.08. The third kappa shape index (κ3) is 4.94. The minimum Gasteiger partial charge on any atom is -0.445 e. The maximum atomic E-state index is 14.0. The van der Waals surface area contributed by atoms with Gasteiger partial charge in [-0.25, -0.2) is 9.18 Å². The first-order chi connectivity index (χ1) is 9.48. The zero-order valence-electron chi connectivity index (χ0n) is 11.1. The van der Waals surface area contributed by atoms with Gasteiger partial charge >= 0.3 is 6.09 Å². The third-order valence-corrected chi connectivity index (χ3v) is 2.92. The summed E-state index contributed by atoms with van der Waals surface area (Å²) in [5.74, 6) is 0. The fourth-order valence-corrected chi connectivity index (χ4v) is 1.96. The van der Waals surface area contributed by atoms with Crippen molar-refractivity contribution in [3.05, 3.63) is 24.5 Å². The lowest BCUT2D eigenvalue weighted by Crippen LogP contribution is -2.23. The van der Waals surface area contributed by atoms with E-state index < -0.39 is 11.8 Å². The molecule has 1 amide bonds. The highest BCUT2D eigenvalue weighted by Crippen LogP contribution is 2.39. The van der Waals surface area contributed by atoms with Gasteiger partial charge in [0.25, 0.3) is 0 Å². The number of halogens is 2. The Hall–Kier alpha value is -1.99. The molecule has 1 fully saturated rings. The second-order valence-electron chi connectivity index (χ2n) is 4.44. The molecule has 0 bridgehead atoms. The minimum absolute atomic E-state index is 0.0608. The Labute approximate surface area is 115 Å². The van der Waals surface area contributed by atoms with Crippen LogP contribution in [-0.4, -0.2) is 27.9 Å². The van der Waals surface area contributed by atoms with Gasteiger partial charge in [-0.15, -0.1) is 5.10 Å². The summed E-state index contributed by atoms with van der Waals surface area (Å²) in [7, 11) is 0. The van der Waals surface area contributed by atoms with Crippen molar-refractivity contribution in [3.8, 4) is 0 Å². The molecule has 1 heterocycles. The van der Waals surface area contributed by atoms with Crippen molar-refractivity contribution >= 4 is 6.09 Å². The number of amides is 1. The molecule has 0 unspecified atom stereocenters. The molecule has 0 saturated heterocycles. The third-order valence-electron chi connectivity index (χ3n) is 2.92. The molecule has 1 aromatic heterocycles. The molecule has 2 rings (SSSR count). The molecule has 2 N–H and O–H groups in total. The van der Waals surface area contributed by atoms with E-state index >= 15 is 0 Å². The average Bonchev–Trinajstić information content (AvgIpc) is 2.85. The van der Waals surface area contributed by atoms with Crippen LogP contribution in [0.4, 0.5) is 13.7 Å². The standard InChI is InChI=1S/C8H11F2N3.C4H7NO2/c9-8(4-2-1-3-5-8)7-6-13(10)12-11-7;1-2-3-7-4(5)6/h6H,1-5H2;2H,1,3H2,(H2,5,6). The van der Waals surface area contributed by atoms with Gasteiger partial charge in [-0.1, -0.05) is 28.5 Å². The Morgan fingerprint density at radius 1 is 1.55 bits per heavy atom. The summed E-state index contributed by atoms with van der Waals surface area (Å²) in [5.41, 5.74) is 3.26. The van der Waals surface area contributed by atoms with Gasteiger partial charge in [0.2, 0.25) is 0 Å². The van der Waals surface area contributed by atoms with Gasteiger partial charge in [-0.3, -0.25) is 0 Å². The van der Waals surface area contributed by atoms with Gasteiger partial charge in [-0.2, -0.15) is 0 Å². The molecule has 112 valence electrons. The normalized spacial score (nSPS) is 16.7. The number of carbonyl (C=O) groups is 1. The van der Waals surface area contributed by atoms with E-state index in [1.807, 2.05) is 0 Å². The highest BCUT2D eigenvalue weighted by molar-refractivity contribution is 5.64. The molecular weight excluding hydrogens is 270 g/mol. The van der Waals surface area contributed by atoms with Crippen LogP contribution >= 0.6 is 0 Å². The zero-order chi connectivity index (χ0) is 15.0. The van der Waals surface area contributed by atoms with Gasteiger partial charge in [0.15, 0.2) is 5.67 Å². The maximum absolute atomic E-state index is 14.0. The van der Waals surface area contributed by atoms with Crippen LogP contribution in [0.15, 0.2) is 18.9 Å². The number of alkyl halides is 1. The van der Waals surface area contributed by atoms with E-state index in [0.717, 1.165) is 25.5 Å². The molecule has 0 radical (unpaired) electrons. The van der Waals surface area contributed by atoms with Crippen LogP contribution in [0.5, 0.6) is 0 Å². The fraction of sp³-hybridized carbons (Fsp3) is 0.583. The monoisotopic (exact) mass is 288 g/mol. The predicted octanol–water partition coefficient (Wildman–Crippen LogP) is 2.41. The smallest absolute Gasteiger partial charge is 0.404 e. The van der Waals surface area contributed by atoms with Gasteiger partial charge in [0, 0.05) is 0 Å². The van der Waals surface area contributed by atoms with E-state index in [1.165, 1.54) is 6.08 Å². The van der Waals surface area contributed by atoms with Crippen molar-refractivity contribution in [1.29, 1.82) is 0 Å². The maximum Gasteiger partial charge on any atom is 0.404 e. The van der Waals surface area contributed by atoms with E-state index in [0.29, 0.717) is 12.8 Å². The van der Waals surface area contributed by atoms with Gasteiger partial charge in [0.05, 0.1) is 6.20 Å². The summed E-state index contributed by atoms with van der Waals surface area (Å²) >= 11 is 0. The zero-order valence-corrected chi connectivity index (χ0v) is 11.1. The number of carbonyl (C=O) groups excluding carboxylic acids is 1. The summed E-state index contributed by atoms with van der Waals surface area (Å²) in [5, 5.41) is 6.57. The highest BCUT2D eigenvalue weighted by atomic mass is 19.2. The van der Waals surface area contributed by atoms with E-state index in [1.54, 1.807) is 0 Å². The van der Waals surface area contributed by atoms with Crippen LogP contribution in [0.2, 0.25) is 0 Å². The first-order valence-corrected chi connectivity index (χ1v) is 6.29. The minimum atomic E-state index is -1.44. The second-order valence-corrected chi connectivity index (χ2v) is 4.44. The molecule has 1 aromatic rings. The number of aromatic nitrogens is 3. The van der Waals surface area contributed by atoms with Crippen molar-refractivity contribution in [2.75, 3.05) is 6.61 Å². The van der Waals surface area contributed by atoms with E-state index in [9.17, 15) is 13.7 Å². The average molecular weight is 288 g/mol. The Morgan fingerprint density at radius 3 is 2.60 bits per heavy atom. The largest absolute Gasteiger partial charge is 0.445 e. The Bertz CT molecular complexity index is 444. The number of primary amides is 1. The SMILES string of the molecule is C=CCOC(N)=O.Fn1cc(C2(F)CCCCC2)nn1. The van der Waals surface area contributed by atoms with Gasteiger partial charge < -0.3 is 10.5 Å². The van der Waals surface area contributed by atoms with Crippen molar-refractivity contribution in [2.24, 2.45) is 5.73 Å². The summed E-state index contributed by atoms with van der Waals surface area (Å²) in [4.78, 5) is 9.77. The molecule has 8 heteroatoms. The lowest BCUT2D eigenvalue weighted by molar-refractivity contribution is 0.100. The van der Waals surface area contributed by atoms with Crippen molar-refractivity contribution in [3.63, 3.8) is 0 Å². The number of nitrogens with zero attached hydrogens (tertiary/aromatic N) is 3. The molecule has 0 aliphatic heterocycles. The lowest BCUT2D eigenvalue weighted by atomic mass is 9.84. The van der Waals surface area contributed by atoms with Crippen LogP contribution in [0.3, 0.4) is 0 Å². The van der Waals surface area contributed by atoms with E-state index in [-0.39, 0.29) is 17.2 Å². The van der Waals surface area contributed by atoms with E-state index in [2.05, 4.69) is 27.4 Å². The first kappa shape index (κ1) is 16.1. The predicted molar refractivity (Wildman–Crippen MR) is 68.1 cm³/mol. The first-order valence-electron chi connectivity index (χ1n) is 6.29. The Balaban J connectivity index is 0.000000246. The molecule has 1 saturated carbocycles. The topological polar surface area (TPSA) is 83.0 Å². The van der Waals surface area contributed by atoms with Crippen LogP contribution in [0.25, 0.3) is 0 Å². The molecule has 20 heavy (non-hydrogen) atoms. The van der Waals surface area contributed by atoms with Crippen LogP contribution in [0, 0.1) is 0 Å². The second kappa shape index (κ2) is 7.56. The van der Waals surface area contributed by atoms with Crippen LogP contribution in [0.1, 0.15) is 37.8 Å². The summed E-state index contributed by atoms with van der Waals surface area (Å²) < 4.78 is 30.7. The van der Waals surface area contributed by atoms with Gasteiger partial charge in [-0.05, 0) is 30.9 Å². The van der Waals surface area contributed by atoms with Crippen molar-refractivity contribution in [1.82, 2.24) is 15.2 Å². The van der Waals surface area contributed by atoms with Crippen LogP contribution in [-0.2, 0) is 10.4 Å². The molecule has 0 spiro atoms. The van der Waals surface area contributed by atoms with Crippen LogP contribution < -0.4 is 5.73 Å². The number of ether oxygens (including phenoxy) is 1. The number of hydrogen-bond acceptors (Lipinski definition) is 4. The quantitative estimate of drug-likeness (QED) is 0.866. The van der Waals surface area contributed by atoms with Crippen molar-refractivity contribution in [2.45, 2.75) is 37.8 Å². The Morgan fingerprint density at radius 2 is 2.20 bits per heavy atom. The number of hydrogen-bond donors (Lipinski definition) is 1. The highest BCUT2D eigenvalue weighted by Gasteiger charge is 2.36. The van der Waals surface area contributed by atoms with Gasteiger partial charge in [0.1, 0.15) is 12.3 Å².